The van der Waals surface area contributed by atoms with Crippen LogP contribution in [0, 0.1) is 0 Å². The molecule has 0 bridgehead atoms. The minimum atomic E-state index is -0.564. The molecule has 1 saturated carbocycles. The average molecular weight is 327 g/mol. The predicted molar refractivity (Wildman–Crippen MR) is 77.9 cm³/mol. The van der Waals surface area contributed by atoms with Crippen LogP contribution in [0.15, 0.2) is 22.7 Å². The molecule has 2 rings (SSSR count). The standard InChI is InChI=1S/C14H19BrN2O2/c1-2-13(14(16)18)19-11-5-6-12(15)9(7-11)8-17-10-3-4-10/h5-7,10,13,17H,2-4,8H2,1H3,(H2,16,18). The molecule has 1 aliphatic carbocycles. The number of ether oxygens (including phenoxy) is 1. The van der Waals surface area contributed by atoms with Crippen molar-refractivity contribution in [1.29, 1.82) is 0 Å². The van der Waals surface area contributed by atoms with Gasteiger partial charge in [0, 0.05) is 17.1 Å². The lowest BCUT2D eigenvalue weighted by molar-refractivity contribution is -0.124. The van der Waals surface area contributed by atoms with Crippen LogP contribution in [0.1, 0.15) is 31.7 Å². The first kappa shape index (κ1) is 14.3. The SMILES string of the molecule is CCC(Oc1ccc(Br)c(CNC2CC2)c1)C(N)=O. The lowest BCUT2D eigenvalue weighted by atomic mass is 10.2. The number of hydrogen-bond donors (Lipinski definition) is 2. The minimum Gasteiger partial charge on any atom is -0.481 e. The van der Waals surface area contributed by atoms with Crippen molar-refractivity contribution in [3.05, 3.63) is 28.2 Å². The molecule has 3 N–H and O–H groups in total. The van der Waals surface area contributed by atoms with E-state index in [1.54, 1.807) is 0 Å². The molecule has 0 heterocycles. The zero-order valence-corrected chi connectivity index (χ0v) is 12.6. The van der Waals surface area contributed by atoms with Crippen molar-refractivity contribution in [3.8, 4) is 5.75 Å². The van der Waals surface area contributed by atoms with Crippen molar-refractivity contribution in [3.63, 3.8) is 0 Å². The lowest BCUT2D eigenvalue weighted by Crippen LogP contribution is -2.33. The highest BCUT2D eigenvalue weighted by molar-refractivity contribution is 9.10. The van der Waals surface area contributed by atoms with Gasteiger partial charge in [-0.2, -0.15) is 0 Å². The number of carbonyl (C=O) groups excluding carboxylic acids is 1. The zero-order chi connectivity index (χ0) is 13.8. The summed E-state index contributed by atoms with van der Waals surface area (Å²) in [6, 6.07) is 6.39. The Labute approximate surface area is 121 Å². The molecule has 1 aliphatic rings. The number of carbonyl (C=O) groups is 1. The van der Waals surface area contributed by atoms with E-state index < -0.39 is 12.0 Å². The van der Waals surface area contributed by atoms with Crippen LogP contribution in [0.4, 0.5) is 0 Å². The lowest BCUT2D eigenvalue weighted by Gasteiger charge is -2.15. The van der Waals surface area contributed by atoms with Crippen LogP contribution in [0.2, 0.25) is 0 Å². The quantitative estimate of drug-likeness (QED) is 0.808. The Morgan fingerprint density at radius 2 is 2.32 bits per heavy atom. The van der Waals surface area contributed by atoms with Crippen LogP contribution in [0.25, 0.3) is 0 Å². The average Bonchev–Trinajstić information content (AvgIpc) is 3.19. The topological polar surface area (TPSA) is 64.3 Å². The van der Waals surface area contributed by atoms with Crippen molar-refractivity contribution in [2.75, 3.05) is 0 Å². The summed E-state index contributed by atoms with van der Waals surface area (Å²) in [6.45, 7) is 2.68. The van der Waals surface area contributed by atoms with Crippen LogP contribution in [0.3, 0.4) is 0 Å². The fourth-order valence-electron chi connectivity index (χ4n) is 1.81. The smallest absolute Gasteiger partial charge is 0.258 e. The third kappa shape index (κ3) is 4.21. The summed E-state index contributed by atoms with van der Waals surface area (Å²) in [5.41, 5.74) is 6.41. The third-order valence-electron chi connectivity index (χ3n) is 3.14. The Hall–Kier alpha value is -1.07. The summed E-state index contributed by atoms with van der Waals surface area (Å²) in [4.78, 5) is 11.2. The molecule has 4 nitrogen and oxygen atoms in total. The molecule has 1 aromatic carbocycles. The van der Waals surface area contributed by atoms with E-state index in [1.165, 1.54) is 12.8 Å². The maximum atomic E-state index is 11.2. The molecule has 19 heavy (non-hydrogen) atoms. The number of nitrogens with two attached hydrogens (primary N) is 1. The van der Waals surface area contributed by atoms with Crippen molar-refractivity contribution in [2.24, 2.45) is 5.73 Å². The predicted octanol–water partition coefficient (Wildman–Crippen LogP) is 2.34. The molecular formula is C14H19BrN2O2. The maximum Gasteiger partial charge on any atom is 0.258 e. The van der Waals surface area contributed by atoms with Gasteiger partial charge in [-0.15, -0.1) is 0 Å². The Kier molecular flexibility index (Phi) is 4.82. The van der Waals surface area contributed by atoms with Gasteiger partial charge in [-0.3, -0.25) is 4.79 Å². The molecule has 1 unspecified atom stereocenters. The van der Waals surface area contributed by atoms with E-state index in [0.29, 0.717) is 18.2 Å². The molecular weight excluding hydrogens is 308 g/mol. The van der Waals surface area contributed by atoms with Crippen LogP contribution in [-0.4, -0.2) is 18.1 Å². The Bertz CT molecular complexity index is 461. The Morgan fingerprint density at radius 1 is 1.58 bits per heavy atom. The number of halogens is 1. The van der Waals surface area contributed by atoms with Gasteiger partial charge in [0.1, 0.15) is 5.75 Å². The third-order valence-corrected chi connectivity index (χ3v) is 3.92. The molecule has 0 saturated heterocycles. The molecule has 104 valence electrons. The largest absolute Gasteiger partial charge is 0.481 e. The molecule has 1 fully saturated rings. The first-order valence-corrected chi connectivity index (χ1v) is 7.37. The van der Waals surface area contributed by atoms with E-state index >= 15 is 0 Å². The number of primary amides is 1. The van der Waals surface area contributed by atoms with E-state index in [0.717, 1.165) is 16.6 Å². The highest BCUT2D eigenvalue weighted by atomic mass is 79.9. The van der Waals surface area contributed by atoms with Gasteiger partial charge in [-0.25, -0.2) is 0 Å². The molecule has 1 amide bonds. The van der Waals surface area contributed by atoms with Crippen molar-refractivity contribution in [1.82, 2.24) is 5.32 Å². The van der Waals surface area contributed by atoms with Crippen molar-refractivity contribution >= 4 is 21.8 Å². The highest BCUT2D eigenvalue weighted by Crippen LogP contribution is 2.25. The van der Waals surface area contributed by atoms with Crippen LogP contribution in [0.5, 0.6) is 5.75 Å². The molecule has 0 radical (unpaired) electrons. The molecule has 5 heteroatoms. The van der Waals surface area contributed by atoms with E-state index in [-0.39, 0.29) is 0 Å². The van der Waals surface area contributed by atoms with Gasteiger partial charge in [0.15, 0.2) is 6.10 Å². The van der Waals surface area contributed by atoms with Gasteiger partial charge in [0.25, 0.3) is 5.91 Å². The number of rotatable bonds is 7. The molecule has 1 aromatic rings. The maximum absolute atomic E-state index is 11.2. The van der Waals surface area contributed by atoms with E-state index in [4.69, 9.17) is 10.5 Å². The first-order valence-electron chi connectivity index (χ1n) is 6.58. The fraction of sp³-hybridized carbons (Fsp3) is 0.500. The summed E-state index contributed by atoms with van der Waals surface area (Å²) >= 11 is 3.53. The second kappa shape index (κ2) is 6.39. The van der Waals surface area contributed by atoms with Crippen LogP contribution in [-0.2, 0) is 11.3 Å². The number of benzene rings is 1. The number of hydrogen-bond acceptors (Lipinski definition) is 3. The Morgan fingerprint density at radius 3 is 2.89 bits per heavy atom. The van der Waals surface area contributed by atoms with Crippen molar-refractivity contribution in [2.45, 2.75) is 44.9 Å². The second-order valence-corrected chi connectivity index (χ2v) is 5.68. The normalized spacial score (nSPS) is 16.1. The van der Waals surface area contributed by atoms with Crippen LogP contribution < -0.4 is 15.8 Å². The minimum absolute atomic E-state index is 0.428. The summed E-state index contributed by atoms with van der Waals surface area (Å²) < 4.78 is 6.66. The van der Waals surface area contributed by atoms with E-state index in [1.807, 2.05) is 25.1 Å². The van der Waals surface area contributed by atoms with Gasteiger partial charge in [-0.05, 0) is 43.0 Å². The molecule has 0 spiro atoms. The van der Waals surface area contributed by atoms with Gasteiger partial charge in [0.05, 0.1) is 0 Å². The summed E-state index contributed by atoms with van der Waals surface area (Å²) in [5, 5.41) is 3.45. The van der Waals surface area contributed by atoms with Crippen molar-refractivity contribution < 1.29 is 9.53 Å². The summed E-state index contributed by atoms with van der Waals surface area (Å²) in [7, 11) is 0. The molecule has 0 aliphatic heterocycles. The van der Waals surface area contributed by atoms with Gasteiger partial charge >= 0.3 is 0 Å². The van der Waals surface area contributed by atoms with Gasteiger partial charge < -0.3 is 15.8 Å². The summed E-state index contributed by atoms with van der Waals surface area (Å²) in [6.07, 6.45) is 2.52. The molecule has 0 aromatic heterocycles. The van der Waals surface area contributed by atoms with Gasteiger partial charge in [0.2, 0.25) is 0 Å². The van der Waals surface area contributed by atoms with Crippen LogP contribution >= 0.6 is 15.9 Å². The zero-order valence-electron chi connectivity index (χ0n) is 11.0. The molecule has 1 atom stereocenters. The number of amides is 1. The fourth-order valence-corrected chi connectivity index (χ4v) is 2.20. The second-order valence-electron chi connectivity index (χ2n) is 4.83. The summed E-state index contributed by atoms with van der Waals surface area (Å²) in [5.74, 6) is 0.254. The van der Waals surface area contributed by atoms with E-state index in [2.05, 4.69) is 21.2 Å². The first-order chi connectivity index (χ1) is 9.10. The Balaban J connectivity index is 2.03. The van der Waals surface area contributed by atoms with Gasteiger partial charge in [-0.1, -0.05) is 22.9 Å². The monoisotopic (exact) mass is 326 g/mol. The highest BCUT2D eigenvalue weighted by Gasteiger charge is 2.20. The number of nitrogens with one attached hydrogen (secondary N) is 1. The van der Waals surface area contributed by atoms with E-state index in [9.17, 15) is 4.79 Å².